The number of carboxylic acids is 1. The first kappa shape index (κ1) is 23.5. The number of aromatic nitrogens is 3. The fraction of sp³-hybridized carbons (Fsp3) is 0.435. The van der Waals surface area contributed by atoms with Crippen LogP contribution in [0.15, 0.2) is 28.6 Å². The highest BCUT2D eigenvalue weighted by Gasteiger charge is 2.35. The summed E-state index contributed by atoms with van der Waals surface area (Å²) in [5.74, 6) is -2.24. The van der Waals surface area contributed by atoms with Gasteiger partial charge in [-0.05, 0) is 19.5 Å². The van der Waals surface area contributed by atoms with Crippen molar-refractivity contribution >= 4 is 39.9 Å². The molecule has 184 valence electrons. The first-order chi connectivity index (χ1) is 16.8. The molecule has 5 heterocycles. The lowest BCUT2D eigenvalue weighted by Gasteiger charge is -2.39. The maximum Gasteiger partial charge on any atom is 0.341 e. The van der Waals surface area contributed by atoms with E-state index in [1.807, 2.05) is 7.05 Å². The fourth-order valence-corrected chi connectivity index (χ4v) is 5.09. The molecule has 1 unspecified atom stereocenters. The van der Waals surface area contributed by atoms with Crippen molar-refractivity contribution in [2.75, 3.05) is 44.7 Å². The molecule has 3 aromatic rings. The van der Waals surface area contributed by atoms with Gasteiger partial charge < -0.3 is 19.6 Å². The number of carbonyl (C=O) groups excluding carboxylic acids is 1. The summed E-state index contributed by atoms with van der Waals surface area (Å²) in [7, 11) is 2.03. The first-order valence-electron chi connectivity index (χ1n) is 11.3. The van der Waals surface area contributed by atoms with Crippen LogP contribution in [0.25, 0.3) is 16.2 Å². The first-order valence-corrected chi connectivity index (χ1v) is 12.2. The Kier molecular flexibility index (Phi) is 6.34. The molecule has 2 aliphatic rings. The van der Waals surface area contributed by atoms with Crippen LogP contribution in [0.5, 0.6) is 0 Å². The minimum absolute atomic E-state index is 0.0200. The maximum atomic E-state index is 15.0. The molecule has 1 atom stereocenters. The van der Waals surface area contributed by atoms with Crippen molar-refractivity contribution in [3.8, 4) is 5.13 Å². The summed E-state index contributed by atoms with van der Waals surface area (Å²) in [6.07, 6.45) is 3.82. The van der Waals surface area contributed by atoms with Crippen molar-refractivity contribution in [3.05, 3.63) is 45.4 Å². The number of pyridine rings is 2. The van der Waals surface area contributed by atoms with E-state index in [1.165, 1.54) is 22.1 Å². The third kappa shape index (κ3) is 4.56. The smallest absolute Gasteiger partial charge is 0.341 e. The summed E-state index contributed by atoms with van der Waals surface area (Å²) in [6.45, 7) is 3.02. The van der Waals surface area contributed by atoms with E-state index in [9.17, 15) is 19.5 Å². The Morgan fingerprint density at radius 2 is 2.11 bits per heavy atom. The van der Waals surface area contributed by atoms with Crippen LogP contribution < -0.4 is 10.3 Å². The highest BCUT2D eigenvalue weighted by molar-refractivity contribution is 7.12. The highest BCUT2D eigenvalue weighted by Crippen LogP contribution is 2.30. The lowest BCUT2D eigenvalue weighted by atomic mass is 9.91. The maximum absolute atomic E-state index is 15.0. The van der Waals surface area contributed by atoms with Crippen LogP contribution in [-0.4, -0.2) is 82.2 Å². The molecule has 12 heteroatoms. The summed E-state index contributed by atoms with van der Waals surface area (Å²) in [5, 5.41) is 11.4. The number of carboxylic acid groups (broad SMARTS) is 1. The van der Waals surface area contributed by atoms with Gasteiger partial charge in [0.1, 0.15) is 11.3 Å². The second-order valence-electron chi connectivity index (χ2n) is 8.89. The minimum atomic E-state index is -1.42. The van der Waals surface area contributed by atoms with E-state index >= 15 is 4.39 Å². The number of hydrogen-bond acceptors (Lipinski definition) is 9. The number of halogens is 1. The number of likely N-dealkylation sites (N-methyl/N-ethyl adjacent to an activating group) is 1. The molecule has 10 nitrogen and oxygen atoms in total. The number of Topliss-reactive ketones (excluding diaryl/α,β-unsaturated/α-hetero) is 1. The van der Waals surface area contributed by atoms with E-state index in [-0.39, 0.29) is 34.7 Å². The summed E-state index contributed by atoms with van der Waals surface area (Å²) in [5.41, 5.74) is -1.20. The van der Waals surface area contributed by atoms with Crippen LogP contribution >= 0.6 is 11.3 Å². The van der Waals surface area contributed by atoms with Crippen LogP contribution in [0.4, 0.5) is 10.2 Å². The highest BCUT2D eigenvalue weighted by atomic mass is 32.1. The van der Waals surface area contributed by atoms with Crippen molar-refractivity contribution in [2.24, 2.45) is 5.92 Å². The van der Waals surface area contributed by atoms with Crippen LogP contribution in [0.3, 0.4) is 0 Å². The number of nitrogens with zero attached hydrogens (tertiary/aromatic N) is 5. The zero-order valence-corrected chi connectivity index (χ0v) is 19.8. The number of ketones is 1. The van der Waals surface area contributed by atoms with Gasteiger partial charge in [0, 0.05) is 50.4 Å². The predicted molar refractivity (Wildman–Crippen MR) is 127 cm³/mol. The SMILES string of the molecule is CN1CCOC(CCC(=O)C2CN(c3nc4c(cc3F)c(=O)c(C(=O)O)cn4-c3nccs3)C2)C1. The molecular formula is C23H24FN5O5S. The van der Waals surface area contributed by atoms with Gasteiger partial charge in [-0.15, -0.1) is 11.3 Å². The number of aromatic carboxylic acids is 1. The molecular weight excluding hydrogens is 477 g/mol. The molecule has 0 aliphatic carbocycles. The molecule has 0 saturated carbocycles. The normalized spacial score (nSPS) is 19.1. The molecule has 0 radical (unpaired) electrons. The second-order valence-corrected chi connectivity index (χ2v) is 9.76. The lowest BCUT2D eigenvalue weighted by Crippen LogP contribution is -2.51. The van der Waals surface area contributed by atoms with Crippen molar-refractivity contribution in [3.63, 3.8) is 0 Å². The molecule has 0 amide bonds. The van der Waals surface area contributed by atoms with E-state index in [1.54, 1.807) is 10.3 Å². The van der Waals surface area contributed by atoms with Gasteiger partial charge in [-0.1, -0.05) is 0 Å². The van der Waals surface area contributed by atoms with Gasteiger partial charge in [-0.2, -0.15) is 0 Å². The number of morpholine rings is 1. The summed E-state index contributed by atoms with van der Waals surface area (Å²) in [6, 6.07) is 1.02. The van der Waals surface area contributed by atoms with Gasteiger partial charge in [-0.25, -0.2) is 19.2 Å². The van der Waals surface area contributed by atoms with Crippen LogP contribution in [0.2, 0.25) is 0 Å². The number of thiazole rings is 1. The van der Waals surface area contributed by atoms with E-state index in [0.29, 0.717) is 37.7 Å². The summed E-state index contributed by atoms with van der Waals surface area (Å²) in [4.78, 5) is 49.3. The number of carbonyl (C=O) groups is 2. The van der Waals surface area contributed by atoms with Crippen molar-refractivity contribution in [1.29, 1.82) is 0 Å². The molecule has 2 saturated heterocycles. The van der Waals surface area contributed by atoms with Crippen LogP contribution in [0.1, 0.15) is 23.2 Å². The number of fused-ring (bicyclic) bond motifs is 1. The predicted octanol–water partition coefficient (Wildman–Crippen LogP) is 1.80. The molecule has 0 aromatic carbocycles. The van der Waals surface area contributed by atoms with Gasteiger partial charge in [0.25, 0.3) is 0 Å². The molecule has 1 N–H and O–H groups in total. The Bertz CT molecular complexity index is 1340. The molecule has 3 aromatic heterocycles. The fourth-order valence-electron chi connectivity index (χ4n) is 4.47. The molecule has 2 fully saturated rings. The second kappa shape index (κ2) is 9.44. The van der Waals surface area contributed by atoms with E-state index in [4.69, 9.17) is 4.74 Å². The molecule has 5 rings (SSSR count). The number of hydrogen-bond donors (Lipinski definition) is 1. The largest absolute Gasteiger partial charge is 0.477 e. The summed E-state index contributed by atoms with van der Waals surface area (Å²) >= 11 is 1.23. The Balaban J connectivity index is 1.36. The van der Waals surface area contributed by atoms with Crippen molar-refractivity contribution in [2.45, 2.75) is 18.9 Å². The minimum Gasteiger partial charge on any atom is -0.477 e. The van der Waals surface area contributed by atoms with E-state index < -0.39 is 22.8 Å². The van der Waals surface area contributed by atoms with Crippen LogP contribution in [-0.2, 0) is 9.53 Å². The topological polar surface area (TPSA) is 118 Å². The number of ether oxygens (including phenoxy) is 1. The monoisotopic (exact) mass is 501 g/mol. The van der Waals surface area contributed by atoms with Gasteiger partial charge in [0.15, 0.2) is 22.4 Å². The van der Waals surface area contributed by atoms with Crippen LogP contribution in [0, 0.1) is 11.7 Å². The third-order valence-electron chi connectivity index (χ3n) is 6.46. The van der Waals surface area contributed by atoms with E-state index in [2.05, 4.69) is 14.9 Å². The Morgan fingerprint density at radius 3 is 2.80 bits per heavy atom. The number of anilines is 1. The molecule has 0 bridgehead atoms. The van der Waals surface area contributed by atoms with E-state index in [0.717, 1.165) is 25.4 Å². The van der Waals surface area contributed by atoms with Crippen molar-refractivity contribution in [1.82, 2.24) is 19.4 Å². The summed E-state index contributed by atoms with van der Waals surface area (Å²) < 4.78 is 22.1. The zero-order chi connectivity index (χ0) is 24.7. The lowest BCUT2D eigenvalue weighted by molar-refractivity contribution is -0.124. The van der Waals surface area contributed by atoms with Gasteiger partial charge >= 0.3 is 5.97 Å². The van der Waals surface area contributed by atoms with Gasteiger partial charge in [0.2, 0.25) is 5.43 Å². The quantitative estimate of drug-likeness (QED) is 0.517. The Morgan fingerprint density at radius 1 is 1.31 bits per heavy atom. The molecule has 35 heavy (non-hydrogen) atoms. The van der Waals surface area contributed by atoms with Crippen molar-refractivity contribution < 1.29 is 23.8 Å². The average molecular weight is 502 g/mol. The standard InChI is InChI=1S/C23H24FN5O5S/c1-27-5-6-34-14(11-27)2-3-18(30)13-9-28(10-13)21-17(24)8-15-19(31)16(22(32)33)12-29(20(15)26-21)23-25-4-7-35-23/h4,7-8,12-14H,2-3,5-6,9-11H2,1H3,(H,32,33). The molecule has 0 spiro atoms. The van der Waals surface area contributed by atoms with Gasteiger partial charge in [0.05, 0.1) is 24.0 Å². The number of rotatable bonds is 7. The zero-order valence-electron chi connectivity index (χ0n) is 19.0. The van der Waals surface area contributed by atoms with Gasteiger partial charge in [-0.3, -0.25) is 14.2 Å². The average Bonchev–Trinajstić information content (AvgIpc) is 3.32. The molecule has 2 aliphatic heterocycles. The Labute approximate surface area is 203 Å². The Hall–Kier alpha value is -3.22. The third-order valence-corrected chi connectivity index (χ3v) is 7.23.